The van der Waals surface area contributed by atoms with Gasteiger partial charge in [-0.15, -0.1) is 0 Å². The van der Waals surface area contributed by atoms with Gasteiger partial charge in [-0.2, -0.15) is 0 Å². The molecule has 0 saturated heterocycles. The summed E-state index contributed by atoms with van der Waals surface area (Å²) in [5, 5.41) is 11.7. The highest BCUT2D eigenvalue weighted by Gasteiger charge is 2.37. The zero-order valence-corrected chi connectivity index (χ0v) is 23.8. The van der Waals surface area contributed by atoms with Crippen LogP contribution in [0.25, 0.3) is 22.0 Å². The minimum atomic E-state index is -1.28. The van der Waals surface area contributed by atoms with E-state index in [0.29, 0.717) is 28.2 Å². The van der Waals surface area contributed by atoms with E-state index in [2.05, 4.69) is 4.98 Å². The van der Waals surface area contributed by atoms with Crippen molar-refractivity contribution in [1.29, 1.82) is 0 Å². The van der Waals surface area contributed by atoms with Gasteiger partial charge in [-0.25, -0.2) is 9.18 Å². The van der Waals surface area contributed by atoms with Crippen molar-refractivity contribution in [2.45, 2.75) is 59.4 Å². The number of rotatable bonds is 5. The summed E-state index contributed by atoms with van der Waals surface area (Å²) < 4.78 is 20.1. The summed E-state index contributed by atoms with van der Waals surface area (Å²) in [6, 6.07) is 13.0. The SMILES string of the molecule is Cc1c2c(c(C)c(C(OC(C)(C)C)C(=O)O)c1-c1ccc(Cl)c3cccnc13)CN(C(=O)c1cccc(F)c1)C2. The van der Waals surface area contributed by atoms with Crippen LogP contribution in [0.4, 0.5) is 4.39 Å². The topological polar surface area (TPSA) is 79.7 Å². The molecule has 0 fully saturated rings. The molecule has 40 heavy (non-hydrogen) atoms. The average molecular weight is 561 g/mol. The fourth-order valence-electron chi connectivity index (χ4n) is 5.57. The molecule has 1 aliphatic rings. The minimum absolute atomic E-state index is 0.260. The van der Waals surface area contributed by atoms with E-state index in [1.807, 2.05) is 46.8 Å². The van der Waals surface area contributed by atoms with Gasteiger partial charge >= 0.3 is 5.97 Å². The standard InChI is InChI=1S/C32H30ClFN2O4/c1-17-23-15-36(30(37)19-8-6-9-20(34)14-19)16-24(23)18(2)27(29(31(38)39)40-32(3,4)5)26(17)22-11-12-25(33)21-10-7-13-35-28(21)22/h6-14,29H,15-16H2,1-5H3,(H,38,39). The van der Waals surface area contributed by atoms with Crippen LogP contribution < -0.4 is 0 Å². The number of aromatic nitrogens is 1. The Balaban J connectivity index is 1.76. The van der Waals surface area contributed by atoms with E-state index in [1.165, 1.54) is 18.2 Å². The van der Waals surface area contributed by atoms with E-state index in [-0.39, 0.29) is 18.0 Å². The Labute approximate surface area is 237 Å². The third kappa shape index (κ3) is 4.95. The lowest BCUT2D eigenvalue weighted by atomic mass is 9.82. The maximum Gasteiger partial charge on any atom is 0.337 e. The molecule has 206 valence electrons. The number of carboxylic acids is 1. The van der Waals surface area contributed by atoms with E-state index in [0.717, 1.165) is 33.2 Å². The average Bonchev–Trinajstić information content (AvgIpc) is 3.35. The number of benzene rings is 3. The van der Waals surface area contributed by atoms with Crippen LogP contribution in [0.15, 0.2) is 54.7 Å². The Morgan fingerprint density at radius 1 is 1.05 bits per heavy atom. The van der Waals surface area contributed by atoms with Crippen molar-refractivity contribution in [3.8, 4) is 11.1 Å². The molecule has 1 N–H and O–H groups in total. The summed E-state index contributed by atoms with van der Waals surface area (Å²) in [5.41, 5.74) is 5.48. The van der Waals surface area contributed by atoms with E-state index in [4.69, 9.17) is 16.3 Å². The second-order valence-electron chi connectivity index (χ2n) is 11.1. The first kappa shape index (κ1) is 27.7. The number of aliphatic carboxylic acids is 1. The van der Waals surface area contributed by atoms with Crippen LogP contribution in [-0.2, 0) is 22.6 Å². The van der Waals surface area contributed by atoms with Crippen molar-refractivity contribution in [2.75, 3.05) is 0 Å². The summed E-state index contributed by atoms with van der Waals surface area (Å²) in [4.78, 5) is 32.4. The number of halogens is 2. The van der Waals surface area contributed by atoms with Gasteiger partial charge in [0.1, 0.15) is 5.82 Å². The maximum atomic E-state index is 13.9. The Morgan fingerprint density at radius 3 is 2.40 bits per heavy atom. The van der Waals surface area contributed by atoms with Crippen LogP contribution in [0.3, 0.4) is 0 Å². The van der Waals surface area contributed by atoms with Crippen molar-refractivity contribution in [3.63, 3.8) is 0 Å². The van der Waals surface area contributed by atoms with Gasteiger partial charge in [-0.1, -0.05) is 23.7 Å². The number of carboxylic acid groups (broad SMARTS) is 1. The highest BCUT2D eigenvalue weighted by Crippen LogP contribution is 2.45. The van der Waals surface area contributed by atoms with Crippen molar-refractivity contribution in [2.24, 2.45) is 0 Å². The highest BCUT2D eigenvalue weighted by molar-refractivity contribution is 6.35. The van der Waals surface area contributed by atoms with Crippen LogP contribution >= 0.6 is 11.6 Å². The van der Waals surface area contributed by atoms with Gasteiger partial charge in [0.2, 0.25) is 0 Å². The normalized spacial score (nSPS) is 13.9. The molecule has 0 radical (unpaired) electrons. The van der Waals surface area contributed by atoms with E-state index in [9.17, 15) is 19.1 Å². The monoisotopic (exact) mass is 560 g/mol. The smallest absolute Gasteiger partial charge is 0.337 e. The molecule has 0 aliphatic carbocycles. The van der Waals surface area contributed by atoms with Gasteiger partial charge in [-0.05, 0) is 98.8 Å². The Kier molecular flexibility index (Phi) is 7.15. The number of nitrogens with zero attached hydrogens (tertiary/aromatic N) is 2. The third-order valence-corrected chi connectivity index (χ3v) is 7.65. The highest BCUT2D eigenvalue weighted by atomic mass is 35.5. The zero-order chi connectivity index (χ0) is 28.9. The number of hydrogen-bond donors (Lipinski definition) is 1. The summed E-state index contributed by atoms with van der Waals surface area (Å²) >= 11 is 6.51. The lowest BCUT2D eigenvalue weighted by Crippen LogP contribution is -2.28. The molecule has 4 aromatic rings. The van der Waals surface area contributed by atoms with Crippen molar-refractivity contribution in [1.82, 2.24) is 9.88 Å². The Hall–Kier alpha value is -3.81. The molecule has 0 spiro atoms. The molecule has 2 heterocycles. The molecule has 3 aromatic carbocycles. The van der Waals surface area contributed by atoms with Gasteiger partial charge in [0.25, 0.3) is 5.91 Å². The van der Waals surface area contributed by atoms with Crippen LogP contribution in [0.2, 0.25) is 5.02 Å². The van der Waals surface area contributed by atoms with E-state index >= 15 is 0 Å². The van der Waals surface area contributed by atoms with Crippen LogP contribution in [0.5, 0.6) is 0 Å². The lowest BCUT2D eigenvalue weighted by Gasteiger charge is -2.30. The van der Waals surface area contributed by atoms with Crippen molar-refractivity contribution < 1.29 is 23.8 Å². The molecule has 6 nitrogen and oxygen atoms in total. The van der Waals surface area contributed by atoms with Gasteiger partial charge < -0.3 is 14.7 Å². The summed E-state index contributed by atoms with van der Waals surface area (Å²) in [6.45, 7) is 9.84. The second-order valence-corrected chi connectivity index (χ2v) is 11.5. The number of carbonyl (C=O) groups is 2. The fraction of sp³-hybridized carbons (Fsp3) is 0.281. The Morgan fingerprint density at radius 2 is 1.75 bits per heavy atom. The van der Waals surface area contributed by atoms with Gasteiger partial charge in [0.05, 0.1) is 16.1 Å². The number of ether oxygens (including phenoxy) is 1. The Bertz CT molecular complexity index is 1680. The van der Waals surface area contributed by atoms with Crippen LogP contribution in [0, 0.1) is 19.7 Å². The van der Waals surface area contributed by atoms with E-state index < -0.39 is 23.5 Å². The van der Waals surface area contributed by atoms with Crippen LogP contribution in [-0.4, -0.2) is 32.5 Å². The molecule has 0 saturated carbocycles. The zero-order valence-electron chi connectivity index (χ0n) is 23.0. The first-order chi connectivity index (χ1) is 18.9. The lowest BCUT2D eigenvalue weighted by molar-refractivity contribution is -0.160. The van der Waals surface area contributed by atoms with Gasteiger partial charge in [0, 0.05) is 41.4 Å². The molecule has 1 atom stereocenters. The molecule has 1 amide bonds. The molecule has 8 heteroatoms. The maximum absolute atomic E-state index is 13.9. The second kappa shape index (κ2) is 10.3. The largest absolute Gasteiger partial charge is 0.479 e. The summed E-state index contributed by atoms with van der Waals surface area (Å²) in [7, 11) is 0. The molecule has 0 bridgehead atoms. The van der Waals surface area contributed by atoms with Crippen molar-refractivity contribution >= 4 is 34.4 Å². The number of amides is 1. The van der Waals surface area contributed by atoms with Crippen LogP contribution in [0.1, 0.15) is 65.1 Å². The fourth-order valence-corrected chi connectivity index (χ4v) is 5.79. The molecular formula is C32H30ClFN2O4. The summed E-state index contributed by atoms with van der Waals surface area (Å²) in [6.07, 6.45) is 0.401. The first-order valence-corrected chi connectivity index (χ1v) is 13.4. The molecule has 1 aliphatic heterocycles. The summed E-state index contributed by atoms with van der Waals surface area (Å²) in [5.74, 6) is -1.89. The van der Waals surface area contributed by atoms with E-state index in [1.54, 1.807) is 29.3 Å². The third-order valence-electron chi connectivity index (χ3n) is 7.32. The predicted octanol–water partition coefficient (Wildman–Crippen LogP) is 7.41. The van der Waals surface area contributed by atoms with Gasteiger partial charge in [-0.3, -0.25) is 9.78 Å². The minimum Gasteiger partial charge on any atom is -0.479 e. The number of hydrogen-bond acceptors (Lipinski definition) is 4. The number of fused-ring (bicyclic) bond motifs is 2. The first-order valence-electron chi connectivity index (χ1n) is 13.0. The molecule has 1 aromatic heterocycles. The number of pyridine rings is 1. The molecule has 1 unspecified atom stereocenters. The quantitative estimate of drug-likeness (QED) is 0.275. The molecular weight excluding hydrogens is 531 g/mol. The van der Waals surface area contributed by atoms with Gasteiger partial charge in [0.15, 0.2) is 6.10 Å². The number of carbonyl (C=O) groups excluding carboxylic acids is 1. The molecule has 5 rings (SSSR count). The predicted molar refractivity (Wildman–Crippen MR) is 153 cm³/mol. The van der Waals surface area contributed by atoms with Crippen molar-refractivity contribution in [3.05, 3.63) is 98.9 Å².